The first kappa shape index (κ1) is 18.7. The molecule has 1 fully saturated rings. The third kappa shape index (κ3) is 4.08. The van der Waals surface area contributed by atoms with Crippen molar-refractivity contribution in [3.8, 4) is 0 Å². The van der Waals surface area contributed by atoms with Gasteiger partial charge in [0.2, 0.25) is 11.8 Å². The maximum Gasteiger partial charge on any atom is 0.230 e. The Bertz CT molecular complexity index is 890. The van der Waals surface area contributed by atoms with Crippen molar-refractivity contribution in [2.45, 2.75) is 39.0 Å². The summed E-state index contributed by atoms with van der Waals surface area (Å²) in [6.45, 7) is 2.65. The Balaban J connectivity index is 1.42. The molecule has 1 unspecified atom stereocenters. The van der Waals surface area contributed by atoms with E-state index in [0.717, 1.165) is 54.7 Å². The molecule has 4 rings (SSSR count). The maximum atomic E-state index is 13.0. The van der Waals surface area contributed by atoms with Gasteiger partial charge in [-0.1, -0.05) is 19.1 Å². The summed E-state index contributed by atoms with van der Waals surface area (Å²) in [5.74, 6) is -0.118. The lowest BCUT2D eigenvalue weighted by molar-refractivity contribution is -0.120. The van der Waals surface area contributed by atoms with Gasteiger partial charge in [-0.25, -0.2) is 4.39 Å². The van der Waals surface area contributed by atoms with Gasteiger partial charge in [-0.3, -0.25) is 9.59 Å². The largest absolute Gasteiger partial charge is 0.326 e. The molecule has 0 bridgehead atoms. The van der Waals surface area contributed by atoms with E-state index in [1.54, 1.807) is 12.1 Å². The summed E-state index contributed by atoms with van der Waals surface area (Å²) >= 11 is 0. The highest BCUT2D eigenvalue weighted by Crippen LogP contribution is 2.36. The Morgan fingerprint density at radius 1 is 1.18 bits per heavy atom. The number of fused-ring (bicyclic) bond motifs is 1. The van der Waals surface area contributed by atoms with Gasteiger partial charge in [0.15, 0.2) is 0 Å². The van der Waals surface area contributed by atoms with Gasteiger partial charge < -0.3 is 10.2 Å². The smallest absolute Gasteiger partial charge is 0.230 e. The highest BCUT2D eigenvalue weighted by molar-refractivity contribution is 5.98. The molecule has 0 aromatic heterocycles. The molecule has 0 radical (unpaired) electrons. The number of carbonyl (C=O) groups excluding carboxylic acids is 2. The van der Waals surface area contributed by atoms with Crippen LogP contribution in [0.3, 0.4) is 0 Å². The van der Waals surface area contributed by atoms with Crippen LogP contribution in [0, 0.1) is 17.7 Å². The Morgan fingerprint density at radius 2 is 1.93 bits per heavy atom. The number of hydrogen-bond donors (Lipinski definition) is 1. The fraction of sp³-hybridized carbons (Fsp3) is 0.391. The van der Waals surface area contributed by atoms with Crippen LogP contribution in [0.5, 0.6) is 0 Å². The molecule has 1 saturated carbocycles. The molecule has 2 aliphatic rings. The number of nitrogens with one attached hydrogen (secondary N) is 1. The van der Waals surface area contributed by atoms with Crippen LogP contribution in [0.2, 0.25) is 0 Å². The van der Waals surface area contributed by atoms with E-state index in [2.05, 4.69) is 5.32 Å². The maximum absolute atomic E-state index is 13.0. The van der Waals surface area contributed by atoms with Gasteiger partial charge in [0.25, 0.3) is 0 Å². The number of nitrogens with zero attached hydrogens (tertiary/aromatic N) is 1. The van der Waals surface area contributed by atoms with Crippen LogP contribution in [0.25, 0.3) is 0 Å². The minimum absolute atomic E-state index is 0.0639. The molecule has 1 heterocycles. The first-order valence-electron chi connectivity index (χ1n) is 10.0. The van der Waals surface area contributed by atoms with Gasteiger partial charge in [-0.15, -0.1) is 0 Å². The van der Waals surface area contributed by atoms with Crippen molar-refractivity contribution >= 4 is 23.2 Å². The topological polar surface area (TPSA) is 49.4 Å². The lowest BCUT2D eigenvalue weighted by Crippen LogP contribution is -2.36. The molecule has 2 aromatic carbocycles. The highest BCUT2D eigenvalue weighted by Gasteiger charge is 2.35. The molecule has 5 heteroatoms. The zero-order valence-electron chi connectivity index (χ0n) is 16.1. The molecule has 146 valence electrons. The van der Waals surface area contributed by atoms with Crippen LogP contribution in [0.4, 0.5) is 15.8 Å². The third-order valence-corrected chi connectivity index (χ3v) is 5.56. The Morgan fingerprint density at radius 3 is 2.64 bits per heavy atom. The SMILES string of the molecule is CC(Cc1ccc(F)cc1)C(=O)Nc1ccc2c(c1)CCCN2C(=O)C1CC1. The monoisotopic (exact) mass is 380 g/mol. The number of halogens is 1. The number of carbonyl (C=O) groups is 2. The highest BCUT2D eigenvalue weighted by atomic mass is 19.1. The van der Waals surface area contributed by atoms with Crippen molar-refractivity contribution < 1.29 is 14.0 Å². The minimum atomic E-state index is -0.274. The molecule has 2 aromatic rings. The molecule has 1 aliphatic carbocycles. The summed E-state index contributed by atoms with van der Waals surface area (Å²) in [5.41, 5.74) is 3.80. The summed E-state index contributed by atoms with van der Waals surface area (Å²) in [7, 11) is 0. The zero-order chi connectivity index (χ0) is 19.7. The normalized spacial score (nSPS) is 17.0. The summed E-state index contributed by atoms with van der Waals surface area (Å²) in [6.07, 6.45) is 4.43. The second-order valence-corrected chi connectivity index (χ2v) is 7.93. The molecule has 2 amide bonds. The molecule has 4 nitrogen and oxygen atoms in total. The van der Waals surface area contributed by atoms with Gasteiger partial charge in [0.1, 0.15) is 5.82 Å². The lowest BCUT2D eigenvalue weighted by atomic mass is 9.99. The molecule has 0 spiro atoms. The van der Waals surface area contributed by atoms with Crippen LogP contribution >= 0.6 is 0 Å². The van der Waals surface area contributed by atoms with Crippen molar-refractivity contribution in [2.75, 3.05) is 16.8 Å². The average molecular weight is 380 g/mol. The Kier molecular flexibility index (Phi) is 5.16. The zero-order valence-corrected chi connectivity index (χ0v) is 16.1. The Hall–Kier alpha value is -2.69. The number of amides is 2. The van der Waals surface area contributed by atoms with Crippen molar-refractivity contribution in [1.82, 2.24) is 0 Å². The van der Waals surface area contributed by atoms with E-state index >= 15 is 0 Å². The van der Waals surface area contributed by atoms with Crippen molar-refractivity contribution in [2.24, 2.45) is 11.8 Å². The lowest BCUT2D eigenvalue weighted by Gasteiger charge is -2.30. The average Bonchev–Trinajstić information content (AvgIpc) is 3.54. The molecule has 1 atom stereocenters. The van der Waals surface area contributed by atoms with E-state index in [1.807, 2.05) is 30.0 Å². The summed E-state index contributed by atoms with van der Waals surface area (Å²) in [6, 6.07) is 12.1. The first-order chi connectivity index (χ1) is 13.5. The van der Waals surface area contributed by atoms with Gasteiger partial charge >= 0.3 is 0 Å². The quantitative estimate of drug-likeness (QED) is 0.839. The van der Waals surface area contributed by atoms with Crippen LogP contribution in [0.1, 0.15) is 37.3 Å². The van der Waals surface area contributed by atoms with E-state index in [4.69, 9.17) is 0 Å². The minimum Gasteiger partial charge on any atom is -0.326 e. The Labute approximate surface area is 164 Å². The number of hydrogen-bond acceptors (Lipinski definition) is 2. The predicted molar refractivity (Wildman–Crippen MR) is 108 cm³/mol. The number of rotatable bonds is 5. The van der Waals surface area contributed by atoms with Crippen molar-refractivity contribution in [3.63, 3.8) is 0 Å². The second-order valence-electron chi connectivity index (χ2n) is 7.93. The molecule has 0 saturated heterocycles. The standard InChI is InChI=1S/C23H25FN2O2/c1-15(13-16-4-8-19(24)9-5-16)22(27)25-20-10-11-21-18(14-20)3-2-12-26(21)23(28)17-6-7-17/h4-5,8-11,14-15,17H,2-3,6-7,12-13H2,1H3,(H,25,27). The van der Waals surface area contributed by atoms with Crippen LogP contribution in [-0.4, -0.2) is 18.4 Å². The first-order valence-corrected chi connectivity index (χ1v) is 10.0. The number of anilines is 2. The van der Waals surface area contributed by atoms with Gasteiger partial charge in [-0.05, 0) is 73.6 Å². The van der Waals surface area contributed by atoms with Gasteiger partial charge in [0.05, 0.1) is 0 Å². The molecule has 28 heavy (non-hydrogen) atoms. The number of aryl methyl sites for hydroxylation is 1. The summed E-state index contributed by atoms with van der Waals surface area (Å²) < 4.78 is 13.0. The van der Waals surface area contributed by atoms with Crippen LogP contribution in [-0.2, 0) is 22.4 Å². The van der Waals surface area contributed by atoms with E-state index in [9.17, 15) is 14.0 Å². The predicted octanol–water partition coefficient (Wildman–Crippen LogP) is 4.33. The molecular formula is C23H25FN2O2. The van der Waals surface area contributed by atoms with Gasteiger partial charge in [-0.2, -0.15) is 0 Å². The number of benzene rings is 2. The van der Waals surface area contributed by atoms with E-state index in [0.29, 0.717) is 6.42 Å². The van der Waals surface area contributed by atoms with Crippen LogP contribution < -0.4 is 10.2 Å². The van der Waals surface area contributed by atoms with E-state index < -0.39 is 0 Å². The van der Waals surface area contributed by atoms with Gasteiger partial charge in [0, 0.05) is 29.8 Å². The van der Waals surface area contributed by atoms with Crippen molar-refractivity contribution in [3.05, 3.63) is 59.4 Å². The fourth-order valence-electron chi connectivity index (χ4n) is 3.79. The van der Waals surface area contributed by atoms with E-state index in [-0.39, 0.29) is 29.5 Å². The fourth-order valence-corrected chi connectivity index (χ4v) is 3.79. The second kappa shape index (κ2) is 7.74. The molecule has 1 N–H and O–H groups in total. The summed E-state index contributed by atoms with van der Waals surface area (Å²) in [4.78, 5) is 27.0. The molecular weight excluding hydrogens is 355 g/mol. The summed E-state index contributed by atoms with van der Waals surface area (Å²) in [5, 5.41) is 2.99. The van der Waals surface area contributed by atoms with Crippen LogP contribution in [0.15, 0.2) is 42.5 Å². The van der Waals surface area contributed by atoms with E-state index in [1.165, 1.54) is 12.1 Å². The van der Waals surface area contributed by atoms with Crippen molar-refractivity contribution in [1.29, 1.82) is 0 Å². The molecule has 1 aliphatic heterocycles. The third-order valence-electron chi connectivity index (χ3n) is 5.56.